The molecule has 0 radical (unpaired) electrons. The molecule has 0 saturated carbocycles. The summed E-state index contributed by atoms with van der Waals surface area (Å²) in [5, 5.41) is 17.7. The maximum Gasteiger partial charge on any atom is 0.304 e. The van der Waals surface area contributed by atoms with Gasteiger partial charge in [0.2, 0.25) is 5.88 Å². The molecule has 0 aliphatic carbocycles. The molecule has 5 nitrogen and oxygen atoms in total. The van der Waals surface area contributed by atoms with E-state index < -0.39 is 5.97 Å². The lowest BCUT2D eigenvalue weighted by molar-refractivity contribution is -0.137. The molecule has 2 heterocycles. The van der Waals surface area contributed by atoms with Crippen LogP contribution in [0.15, 0.2) is 12.3 Å². The molecule has 2 N–H and O–H groups in total. The maximum absolute atomic E-state index is 10.5. The van der Waals surface area contributed by atoms with Crippen molar-refractivity contribution in [3.8, 4) is 11.6 Å². The van der Waals surface area contributed by atoms with E-state index in [9.17, 15) is 4.79 Å². The Kier molecular flexibility index (Phi) is 1.99. The average molecular weight is 195 g/mol. The van der Waals surface area contributed by atoms with Crippen LogP contribution in [-0.2, 0) is 4.79 Å². The second kappa shape index (κ2) is 3.17. The van der Waals surface area contributed by atoms with Crippen molar-refractivity contribution in [1.82, 2.24) is 4.98 Å². The Morgan fingerprint density at radius 3 is 3.21 bits per heavy atom. The molecular weight excluding hydrogens is 186 g/mol. The van der Waals surface area contributed by atoms with Crippen molar-refractivity contribution in [1.29, 1.82) is 0 Å². The summed E-state index contributed by atoms with van der Waals surface area (Å²) in [7, 11) is 0. The van der Waals surface area contributed by atoms with E-state index in [4.69, 9.17) is 14.9 Å². The number of aliphatic carboxylic acids is 1. The summed E-state index contributed by atoms with van der Waals surface area (Å²) >= 11 is 0. The molecule has 0 fully saturated rings. The number of nitrogens with zero attached hydrogens (tertiary/aromatic N) is 1. The van der Waals surface area contributed by atoms with Gasteiger partial charge in [0, 0.05) is 23.7 Å². The number of aromatic hydroxyl groups is 1. The van der Waals surface area contributed by atoms with Crippen LogP contribution < -0.4 is 4.74 Å². The van der Waals surface area contributed by atoms with Gasteiger partial charge >= 0.3 is 5.97 Å². The van der Waals surface area contributed by atoms with E-state index in [-0.39, 0.29) is 18.2 Å². The second-order valence-electron chi connectivity index (χ2n) is 3.19. The van der Waals surface area contributed by atoms with Crippen LogP contribution in [0, 0.1) is 0 Å². The third-order valence-corrected chi connectivity index (χ3v) is 2.18. The topological polar surface area (TPSA) is 79.7 Å². The monoisotopic (exact) mass is 195 g/mol. The predicted octanol–water partition coefficient (Wildman–Crippen LogP) is 0.738. The van der Waals surface area contributed by atoms with Gasteiger partial charge in [-0.05, 0) is 0 Å². The zero-order valence-corrected chi connectivity index (χ0v) is 7.30. The van der Waals surface area contributed by atoms with Crippen LogP contribution in [0.4, 0.5) is 0 Å². The Balaban J connectivity index is 2.26. The highest BCUT2D eigenvalue weighted by Crippen LogP contribution is 2.36. The largest absolute Gasteiger partial charge is 0.493 e. The minimum atomic E-state index is -0.862. The van der Waals surface area contributed by atoms with Crippen LogP contribution in [0.2, 0.25) is 0 Å². The van der Waals surface area contributed by atoms with E-state index in [1.54, 1.807) is 0 Å². The van der Waals surface area contributed by atoms with Gasteiger partial charge in [0.25, 0.3) is 0 Å². The first-order chi connectivity index (χ1) is 6.66. The summed E-state index contributed by atoms with van der Waals surface area (Å²) in [5.41, 5.74) is 0.755. The van der Waals surface area contributed by atoms with Gasteiger partial charge in [-0.2, -0.15) is 0 Å². The normalized spacial score (nSPS) is 18.7. The Hall–Kier alpha value is -1.78. The molecule has 2 rings (SSSR count). The number of hydrogen-bond acceptors (Lipinski definition) is 4. The molecule has 0 bridgehead atoms. The lowest BCUT2D eigenvalue weighted by atomic mass is 10.00. The fraction of sp³-hybridized carbons (Fsp3) is 0.333. The molecule has 1 aliphatic rings. The second-order valence-corrected chi connectivity index (χ2v) is 3.19. The van der Waals surface area contributed by atoms with E-state index in [0.29, 0.717) is 12.4 Å². The van der Waals surface area contributed by atoms with Crippen LogP contribution in [-0.4, -0.2) is 27.8 Å². The number of rotatable bonds is 2. The fourth-order valence-electron chi connectivity index (χ4n) is 1.53. The van der Waals surface area contributed by atoms with Crippen molar-refractivity contribution in [2.45, 2.75) is 12.3 Å². The zero-order chi connectivity index (χ0) is 10.1. The van der Waals surface area contributed by atoms with Gasteiger partial charge in [-0.1, -0.05) is 0 Å². The molecule has 14 heavy (non-hydrogen) atoms. The summed E-state index contributed by atoms with van der Waals surface area (Å²) in [4.78, 5) is 14.2. The number of pyridine rings is 1. The van der Waals surface area contributed by atoms with Gasteiger partial charge in [-0.25, -0.2) is 4.98 Å². The van der Waals surface area contributed by atoms with E-state index in [2.05, 4.69) is 4.98 Å². The number of carboxylic acid groups (broad SMARTS) is 1. The molecular formula is C9H9NO4. The molecule has 1 aliphatic heterocycles. The smallest absolute Gasteiger partial charge is 0.304 e. The first kappa shape index (κ1) is 8.80. The quantitative estimate of drug-likeness (QED) is 0.727. The highest BCUT2D eigenvalue weighted by atomic mass is 16.5. The van der Waals surface area contributed by atoms with E-state index in [1.165, 1.54) is 12.3 Å². The van der Waals surface area contributed by atoms with Crippen LogP contribution in [0.1, 0.15) is 17.9 Å². The molecule has 0 saturated heterocycles. The number of ether oxygens (including phenoxy) is 1. The summed E-state index contributed by atoms with van der Waals surface area (Å²) in [6, 6.07) is 1.40. The first-order valence-electron chi connectivity index (χ1n) is 4.20. The van der Waals surface area contributed by atoms with Crippen molar-refractivity contribution in [2.24, 2.45) is 0 Å². The molecule has 0 aromatic carbocycles. The number of aromatic nitrogens is 1. The molecule has 0 unspecified atom stereocenters. The molecule has 1 aromatic rings. The summed E-state index contributed by atoms with van der Waals surface area (Å²) in [6.07, 6.45) is 1.49. The predicted molar refractivity (Wildman–Crippen MR) is 46.4 cm³/mol. The third kappa shape index (κ3) is 1.48. The van der Waals surface area contributed by atoms with Crippen LogP contribution in [0.25, 0.3) is 0 Å². The number of carbonyl (C=O) groups is 1. The highest BCUT2D eigenvalue weighted by Gasteiger charge is 2.26. The summed E-state index contributed by atoms with van der Waals surface area (Å²) in [5.74, 6) is -0.599. The Labute approximate surface area is 80.0 Å². The van der Waals surface area contributed by atoms with Crippen LogP contribution >= 0.6 is 0 Å². The SMILES string of the molecule is O=C(O)C[C@@H]1COc2cc(O)ncc21. The van der Waals surface area contributed by atoms with Gasteiger partial charge in [-0.3, -0.25) is 4.79 Å². The van der Waals surface area contributed by atoms with Crippen LogP contribution in [0.3, 0.4) is 0 Å². The highest BCUT2D eigenvalue weighted by molar-refractivity contribution is 5.68. The van der Waals surface area contributed by atoms with E-state index in [0.717, 1.165) is 5.56 Å². The summed E-state index contributed by atoms with van der Waals surface area (Å²) in [6.45, 7) is 0.340. The number of hydrogen-bond donors (Lipinski definition) is 2. The van der Waals surface area contributed by atoms with Gasteiger partial charge in [0.05, 0.1) is 13.0 Å². The molecule has 74 valence electrons. The minimum Gasteiger partial charge on any atom is -0.493 e. The molecule has 1 atom stereocenters. The van der Waals surface area contributed by atoms with Crippen molar-refractivity contribution >= 4 is 5.97 Å². The van der Waals surface area contributed by atoms with Crippen LogP contribution in [0.5, 0.6) is 11.6 Å². The van der Waals surface area contributed by atoms with E-state index in [1.807, 2.05) is 0 Å². The van der Waals surface area contributed by atoms with Gasteiger partial charge in [0.15, 0.2) is 0 Å². The Bertz CT molecular complexity index is 377. The lowest BCUT2D eigenvalue weighted by Crippen LogP contribution is -2.07. The van der Waals surface area contributed by atoms with Crippen molar-refractivity contribution in [3.63, 3.8) is 0 Å². The molecule has 5 heteroatoms. The van der Waals surface area contributed by atoms with Gasteiger partial charge in [0.1, 0.15) is 5.75 Å². The first-order valence-corrected chi connectivity index (χ1v) is 4.20. The molecule has 0 amide bonds. The van der Waals surface area contributed by atoms with Crippen molar-refractivity contribution in [3.05, 3.63) is 17.8 Å². The fourth-order valence-corrected chi connectivity index (χ4v) is 1.53. The summed E-state index contributed by atoms with van der Waals surface area (Å²) < 4.78 is 5.23. The Morgan fingerprint density at radius 1 is 1.71 bits per heavy atom. The minimum absolute atomic E-state index is 0.0272. The Morgan fingerprint density at radius 2 is 2.50 bits per heavy atom. The van der Waals surface area contributed by atoms with Crippen molar-refractivity contribution in [2.75, 3.05) is 6.61 Å². The zero-order valence-electron chi connectivity index (χ0n) is 7.30. The van der Waals surface area contributed by atoms with Gasteiger partial charge < -0.3 is 14.9 Å². The lowest BCUT2D eigenvalue weighted by Gasteiger charge is -2.03. The number of carboxylic acids is 1. The van der Waals surface area contributed by atoms with Crippen molar-refractivity contribution < 1.29 is 19.7 Å². The average Bonchev–Trinajstić information content (AvgIpc) is 2.47. The van der Waals surface area contributed by atoms with E-state index >= 15 is 0 Å². The third-order valence-electron chi connectivity index (χ3n) is 2.18. The standard InChI is InChI=1S/C9H9NO4/c11-8-2-7-6(3-10-8)5(4-14-7)1-9(12)13/h2-3,5H,1,4H2,(H,10,11)(H,12,13)/t5-/m1/s1. The molecule has 1 aromatic heterocycles. The molecule has 0 spiro atoms. The maximum atomic E-state index is 10.5. The van der Waals surface area contributed by atoms with Gasteiger partial charge in [-0.15, -0.1) is 0 Å². The number of fused-ring (bicyclic) bond motifs is 1.